The molecule has 0 bridgehead atoms. The van der Waals surface area contributed by atoms with Crippen molar-refractivity contribution in [2.45, 2.75) is 15.8 Å². The van der Waals surface area contributed by atoms with Gasteiger partial charge in [-0.05, 0) is 44.4 Å². The molecule has 124 valence electrons. The minimum atomic E-state index is -0.0192. The smallest absolute Gasteiger partial charge is 0.0700 e. The molecule has 0 radical (unpaired) electrons. The molecule has 0 aliphatic carbocycles. The van der Waals surface area contributed by atoms with E-state index in [9.17, 15) is 5.11 Å². The Bertz CT molecular complexity index is 681. The summed E-state index contributed by atoms with van der Waals surface area (Å²) in [5.41, 5.74) is 2.19. The van der Waals surface area contributed by atoms with Crippen LogP contribution in [0, 0.1) is 0 Å². The summed E-state index contributed by atoms with van der Waals surface area (Å²) in [6, 6.07) is 14.2. The molecule has 2 aromatic rings. The Morgan fingerprint density at radius 1 is 1.13 bits per heavy atom. The highest BCUT2D eigenvalue weighted by atomic mass is 35.5. The molecule has 23 heavy (non-hydrogen) atoms. The molecule has 0 fully saturated rings. The number of rotatable bonds is 4. The second kappa shape index (κ2) is 7.77. The molecule has 0 saturated carbocycles. The van der Waals surface area contributed by atoms with Crippen molar-refractivity contribution in [3.05, 3.63) is 47.5 Å². The van der Waals surface area contributed by atoms with Crippen molar-refractivity contribution >= 4 is 47.1 Å². The maximum atomic E-state index is 9.94. The number of fused-ring (bicyclic) bond motifs is 2. The van der Waals surface area contributed by atoms with Crippen LogP contribution in [0.3, 0.4) is 0 Å². The van der Waals surface area contributed by atoms with Crippen LogP contribution in [0.5, 0.6) is 0 Å². The summed E-state index contributed by atoms with van der Waals surface area (Å²) in [6.07, 6.45) is 0. The third-order valence-electron chi connectivity index (χ3n) is 3.68. The number of benzene rings is 2. The van der Waals surface area contributed by atoms with Crippen LogP contribution in [0.4, 0.5) is 11.4 Å². The summed E-state index contributed by atoms with van der Waals surface area (Å²) in [4.78, 5) is 6.68. The third-order valence-corrected chi connectivity index (χ3v) is 5.04. The van der Waals surface area contributed by atoms with E-state index in [0.29, 0.717) is 5.02 Å². The molecule has 1 atom stereocenters. The standard InChI is InChI=1S/C17H19ClN2OS.ClH/c1-19(2)10-13(11-21)20-14-5-3-4-6-16(14)22-17-8-7-12(18)9-15(17)20;/h3-9,13,21H,10-11H2,1-2H3;1H. The lowest BCUT2D eigenvalue weighted by molar-refractivity contribution is 0.234. The Hall–Kier alpha value is -0.910. The van der Waals surface area contributed by atoms with Gasteiger partial charge in [-0.25, -0.2) is 0 Å². The molecule has 1 aliphatic rings. The summed E-state index contributed by atoms with van der Waals surface area (Å²) in [7, 11) is 4.04. The van der Waals surface area contributed by atoms with Crippen molar-refractivity contribution in [2.75, 3.05) is 32.1 Å². The molecule has 0 amide bonds. The van der Waals surface area contributed by atoms with Crippen molar-refractivity contribution in [1.82, 2.24) is 4.90 Å². The number of nitrogens with zero attached hydrogens (tertiary/aromatic N) is 2. The minimum Gasteiger partial charge on any atom is -0.394 e. The number of likely N-dealkylation sites (N-methyl/N-ethyl adjacent to an activating group) is 1. The molecule has 3 nitrogen and oxygen atoms in total. The van der Waals surface area contributed by atoms with E-state index in [1.807, 2.05) is 38.4 Å². The fourth-order valence-corrected chi connectivity index (χ4v) is 4.01. The Morgan fingerprint density at radius 2 is 1.83 bits per heavy atom. The first-order chi connectivity index (χ1) is 10.6. The number of hydrogen-bond acceptors (Lipinski definition) is 4. The van der Waals surface area contributed by atoms with Gasteiger partial charge in [-0.15, -0.1) is 12.4 Å². The van der Waals surface area contributed by atoms with E-state index >= 15 is 0 Å². The number of aliphatic hydroxyl groups excluding tert-OH is 1. The molecule has 1 heterocycles. The molecular weight excluding hydrogens is 351 g/mol. The van der Waals surface area contributed by atoms with Crippen molar-refractivity contribution in [3.63, 3.8) is 0 Å². The van der Waals surface area contributed by atoms with Crippen LogP contribution < -0.4 is 4.90 Å². The zero-order valence-electron chi connectivity index (χ0n) is 13.1. The molecule has 3 rings (SSSR count). The second-order valence-electron chi connectivity index (χ2n) is 5.65. The SMILES string of the molecule is CN(C)CC(CO)N1c2ccccc2Sc2ccc(Cl)cc21.Cl. The lowest BCUT2D eigenvalue weighted by Crippen LogP contribution is -2.43. The van der Waals surface area contributed by atoms with Gasteiger partial charge in [0, 0.05) is 21.4 Å². The van der Waals surface area contributed by atoms with E-state index in [2.05, 4.69) is 28.0 Å². The van der Waals surface area contributed by atoms with Crippen LogP contribution in [-0.2, 0) is 0 Å². The van der Waals surface area contributed by atoms with Crippen molar-refractivity contribution in [2.24, 2.45) is 0 Å². The average Bonchev–Trinajstić information content (AvgIpc) is 2.50. The molecule has 1 aliphatic heterocycles. The van der Waals surface area contributed by atoms with Crippen LogP contribution in [0.15, 0.2) is 52.3 Å². The Balaban J connectivity index is 0.00000192. The summed E-state index contributed by atoms with van der Waals surface area (Å²) >= 11 is 7.96. The van der Waals surface area contributed by atoms with Crippen molar-refractivity contribution in [1.29, 1.82) is 0 Å². The summed E-state index contributed by atoms with van der Waals surface area (Å²) < 4.78 is 0. The fraction of sp³-hybridized carbons (Fsp3) is 0.294. The van der Waals surface area contributed by atoms with Gasteiger partial charge in [-0.2, -0.15) is 0 Å². The van der Waals surface area contributed by atoms with Crippen LogP contribution in [-0.4, -0.2) is 43.3 Å². The van der Waals surface area contributed by atoms with Gasteiger partial charge in [-0.3, -0.25) is 0 Å². The van der Waals surface area contributed by atoms with Gasteiger partial charge in [0.05, 0.1) is 24.0 Å². The van der Waals surface area contributed by atoms with Gasteiger partial charge in [0.15, 0.2) is 0 Å². The maximum Gasteiger partial charge on any atom is 0.0700 e. The van der Waals surface area contributed by atoms with Crippen LogP contribution in [0.1, 0.15) is 0 Å². The zero-order chi connectivity index (χ0) is 15.7. The predicted octanol–water partition coefficient (Wildman–Crippen LogP) is 4.29. The number of anilines is 2. The number of hydrogen-bond donors (Lipinski definition) is 1. The Kier molecular flexibility index (Phi) is 6.23. The largest absolute Gasteiger partial charge is 0.394 e. The summed E-state index contributed by atoms with van der Waals surface area (Å²) in [5, 5.41) is 10.7. The highest BCUT2D eigenvalue weighted by Crippen LogP contribution is 2.49. The van der Waals surface area contributed by atoms with Gasteiger partial charge in [0.2, 0.25) is 0 Å². The van der Waals surface area contributed by atoms with E-state index in [1.54, 1.807) is 11.8 Å². The Morgan fingerprint density at radius 3 is 2.52 bits per heavy atom. The average molecular weight is 371 g/mol. The van der Waals surface area contributed by atoms with Gasteiger partial charge in [0.1, 0.15) is 0 Å². The highest BCUT2D eigenvalue weighted by molar-refractivity contribution is 7.99. The van der Waals surface area contributed by atoms with Gasteiger partial charge in [0.25, 0.3) is 0 Å². The molecule has 0 saturated heterocycles. The molecule has 1 unspecified atom stereocenters. The second-order valence-corrected chi connectivity index (χ2v) is 7.17. The maximum absolute atomic E-state index is 9.94. The number of halogens is 2. The first kappa shape index (κ1) is 18.4. The molecule has 1 N–H and O–H groups in total. The van der Waals surface area contributed by atoms with Gasteiger partial charge >= 0.3 is 0 Å². The molecule has 6 heteroatoms. The fourth-order valence-electron chi connectivity index (χ4n) is 2.79. The minimum absolute atomic E-state index is 0. The lowest BCUT2D eigenvalue weighted by atomic mass is 10.1. The number of aliphatic hydroxyl groups is 1. The van der Waals surface area contributed by atoms with Gasteiger partial charge in [-0.1, -0.05) is 35.5 Å². The molecular formula is C17H20Cl2N2OS. The van der Waals surface area contributed by atoms with Crippen molar-refractivity contribution in [3.8, 4) is 0 Å². The zero-order valence-corrected chi connectivity index (χ0v) is 15.5. The van der Waals surface area contributed by atoms with E-state index in [4.69, 9.17) is 11.6 Å². The molecule has 0 spiro atoms. The van der Waals surface area contributed by atoms with E-state index in [-0.39, 0.29) is 25.1 Å². The Labute approximate surface area is 152 Å². The first-order valence-electron chi connectivity index (χ1n) is 7.21. The topological polar surface area (TPSA) is 26.7 Å². The normalized spacial score (nSPS) is 14.0. The van der Waals surface area contributed by atoms with Crippen LogP contribution in [0.25, 0.3) is 0 Å². The first-order valence-corrected chi connectivity index (χ1v) is 8.41. The molecule has 2 aromatic carbocycles. The predicted molar refractivity (Wildman–Crippen MR) is 101 cm³/mol. The highest BCUT2D eigenvalue weighted by Gasteiger charge is 2.29. The monoisotopic (exact) mass is 370 g/mol. The van der Waals surface area contributed by atoms with Crippen LogP contribution in [0.2, 0.25) is 5.02 Å². The molecule has 0 aromatic heterocycles. The third kappa shape index (κ3) is 3.78. The number of para-hydroxylation sites is 1. The van der Waals surface area contributed by atoms with E-state index < -0.39 is 0 Å². The summed E-state index contributed by atoms with van der Waals surface area (Å²) in [6.45, 7) is 0.852. The quantitative estimate of drug-likeness (QED) is 0.868. The van der Waals surface area contributed by atoms with Crippen LogP contribution >= 0.6 is 35.8 Å². The van der Waals surface area contributed by atoms with Crippen molar-refractivity contribution < 1.29 is 5.11 Å². The summed E-state index contributed by atoms with van der Waals surface area (Å²) in [5.74, 6) is 0. The van der Waals surface area contributed by atoms with E-state index in [1.165, 1.54) is 9.79 Å². The van der Waals surface area contributed by atoms with E-state index in [0.717, 1.165) is 17.9 Å². The van der Waals surface area contributed by atoms with Gasteiger partial charge < -0.3 is 14.9 Å². The lowest BCUT2D eigenvalue weighted by Gasteiger charge is -2.39.